The van der Waals surface area contributed by atoms with Gasteiger partial charge < -0.3 is 0 Å². The first-order valence-corrected chi connectivity index (χ1v) is 3.94. The summed E-state index contributed by atoms with van der Waals surface area (Å²) in [7, 11) is 0. The van der Waals surface area contributed by atoms with E-state index in [1.165, 1.54) is 12.8 Å². The van der Waals surface area contributed by atoms with Crippen molar-refractivity contribution in [1.82, 2.24) is 0 Å². The molecule has 0 aliphatic heterocycles. The van der Waals surface area contributed by atoms with Crippen molar-refractivity contribution < 1.29 is 0 Å². The van der Waals surface area contributed by atoms with Crippen LogP contribution in [0.3, 0.4) is 0 Å². The van der Waals surface area contributed by atoms with E-state index in [2.05, 4.69) is 26.5 Å². The molecule has 0 saturated heterocycles. The van der Waals surface area contributed by atoms with Crippen molar-refractivity contribution in [3.8, 4) is 0 Å². The lowest BCUT2D eigenvalue weighted by Gasteiger charge is -1.97. The molecule has 56 valence electrons. The highest BCUT2D eigenvalue weighted by molar-refractivity contribution is 5.03. The van der Waals surface area contributed by atoms with E-state index in [9.17, 15) is 0 Å². The summed E-state index contributed by atoms with van der Waals surface area (Å²) in [6.07, 6.45) is 8.73. The first-order valence-electron chi connectivity index (χ1n) is 3.94. The molecule has 0 heteroatoms. The van der Waals surface area contributed by atoms with Crippen molar-refractivity contribution in [1.29, 1.82) is 0 Å². The highest BCUT2D eigenvalue weighted by atomic mass is 14.5. The van der Waals surface area contributed by atoms with Gasteiger partial charge in [-0.15, -0.1) is 0 Å². The lowest BCUT2D eigenvalue weighted by molar-refractivity contribution is 0.563. The first kappa shape index (κ1) is 7.59. The zero-order valence-corrected chi connectivity index (χ0v) is 6.93. The molecule has 1 fully saturated rings. The number of rotatable bonds is 3. The second-order valence-corrected chi connectivity index (χ2v) is 3.79. The average molecular weight is 136 g/mol. The van der Waals surface area contributed by atoms with Crippen LogP contribution < -0.4 is 0 Å². The van der Waals surface area contributed by atoms with Crippen molar-refractivity contribution in [2.24, 2.45) is 11.3 Å². The summed E-state index contributed by atoms with van der Waals surface area (Å²) in [4.78, 5) is 0. The van der Waals surface area contributed by atoms with E-state index in [0.29, 0.717) is 5.41 Å². The van der Waals surface area contributed by atoms with Gasteiger partial charge in [-0.1, -0.05) is 38.7 Å². The third-order valence-electron chi connectivity index (χ3n) is 2.41. The molecule has 0 N–H and O–H groups in total. The maximum absolute atomic E-state index is 3.63. The van der Waals surface area contributed by atoms with E-state index in [1.54, 1.807) is 0 Å². The largest absolute Gasteiger partial charge is 0.0991 e. The topological polar surface area (TPSA) is 0 Å². The van der Waals surface area contributed by atoms with Crippen molar-refractivity contribution in [2.75, 3.05) is 0 Å². The van der Waals surface area contributed by atoms with Gasteiger partial charge >= 0.3 is 0 Å². The summed E-state index contributed by atoms with van der Waals surface area (Å²) in [6, 6.07) is 0. The molecule has 0 aromatic rings. The Kier molecular flexibility index (Phi) is 1.98. The number of hydrogen-bond donors (Lipinski definition) is 0. The molecule has 0 spiro atoms. The van der Waals surface area contributed by atoms with Gasteiger partial charge in [0.15, 0.2) is 0 Å². The fraction of sp³-hybridized carbons (Fsp3) is 0.600. The second kappa shape index (κ2) is 2.61. The Morgan fingerprint density at radius 1 is 1.60 bits per heavy atom. The molecule has 1 saturated carbocycles. The Labute approximate surface area is 63.6 Å². The van der Waals surface area contributed by atoms with E-state index in [-0.39, 0.29) is 0 Å². The standard InChI is InChI=1S/C10H16/c1-4-5-6-7-9-8-10(9,2)3/h4-6,9H,1,7-8H2,2-3H3. The van der Waals surface area contributed by atoms with E-state index in [0.717, 1.165) is 5.92 Å². The van der Waals surface area contributed by atoms with Gasteiger partial charge in [-0.25, -0.2) is 0 Å². The third-order valence-corrected chi connectivity index (χ3v) is 2.41. The molecule has 1 atom stereocenters. The van der Waals surface area contributed by atoms with Crippen molar-refractivity contribution in [3.05, 3.63) is 24.8 Å². The van der Waals surface area contributed by atoms with Crippen LogP contribution in [0.2, 0.25) is 0 Å². The molecular formula is C10H16. The Bertz CT molecular complexity index is 151. The predicted molar refractivity (Wildman–Crippen MR) is 45.8 cm³/mol. The fourth-order valence-electron chi connectivity index (χ4n) is 1.32. The van der Waals surface area contributed by atoms with E-state index < -0.39 is 0 Å². The van der Waals surface area contributed by atoms with Gasteiger partial charge in [0.05, 0.1) is 0 Å². The van der Waals surface area contributed by atoms with Crippen LogP contribution in [0.15, 0.2) is 24.8 Å². The molecule has 0 aromatic heterocycles. The molecular weight excluding hydrogens is 120 g/mol. The SMILES string of the molecule is C=CC=CCC1CC1(C)C. The van der Waals surface area contributed by atoms with Gasteiger partial charge in [-0.05, 0) is 24.2 Å². The molecule has 1 aliphatic rings. The molecule has 0 heterocycles. The fourth-order valence-corrected chi connectivity index (χ4v) is 1.32. The highest BCUT2D eigenvalue weighted by Gasteiger charge is 2.43. The summed E-state index contributed by atoms with van der Waals surface area (Å²) in [5, 5.41) is 0. The van der Waals surface area contributed by atoms with E-state index >= 15 is 0 Å². The maximum Gasteiger partial charge on any atom is -0.0314 e. The highest BCUT2D eigenvalue weighted by Crippen LogP contribution is 2.53. The van der Waals surface area contributed by atoms with Gasteiger partial charge in [0, 0.05) is 0 Å². The Morgan fingerprint density at radius 3 is 2.60 bits per heavy atom. The summed E-state index contributed by atoms with van der Waals surface area (Å²) in [6.45, 7) is 8.29. The Hall–Kier alpha value is -0.520. The summed E-state index contributed by atoms with van der Waals surface area (Å²) in [5.41, 5.74) is 0.630. The van der Waals surface area contributed by atoms with Crippen LogP contribution in [0.4, 0.5) is 0 Å². The van der Waals surface area contributed by atoms with Gasteiger partial charge in [0.2, 0.25) is 0 Å². The monoisotopic (exact) mass is 136 g/mol. The van der Waals surface area contributed by atoms with Crippen LogP contribution in [0.25, 0.3) is 0 Å². The molecule has 0 bridgehead atoms. The van der Waals surface area contributed by atoms with Gasteiger partial charge in [-0.3, -0.25) is 0 Å². The van der Waals surface area contributed by atoms with Crippen molar-refractivity contribution >= 4 is 0 Å². The quantitative estimate of drug-likeness (QED) is 0.523. The van der Waals surface area contributed by atoms with Crippen LogP contribution in [0.1, 0.15) is 26.7 Å². The van der Waals surface area contributed by atoms with Crippen LogP contribution in [-0.2, 0) is 0 Å². The van der Waals surface area contributed by atoms with E-state index in [4.69, 9.17) is 0 Å². The van der Waals surface area contributed by atoms with Crippen LogP contribution in [-0.4, -0.2) is 0 Å². The van der Waals surface area contributed by atoms with Crippen molar-refractivity contribution in [2.45, 2.75) is 26.7 Å². The predicted octanol–water partition coefficient (Wildman–Crippen LogP) is 3.16. The van der Waals surface area contributed by atoms with Gasteiger partial charge in [-0.2, -0.15) is 0 Å². The third kappa shape index (κ3) is 1.73. The van der Waals surface area contributed by atoms with Crippen molar-refractivity contribution in [3.63, 3.8) is 0 Å². The van der Waals surface area contributed by atoms with Crippen LogP contribution in [0.5, 0.6) is 0 Å². The van der Waals surface area contributed by atoms with Crippen LogP contribution in [0, 0.1) is 11.3 Å². The average Bonchev–Trinajstić information content (AvgIpc) is 2.41. The zero-order valence-electron chi connectivity index (χ0n) is 6.93. The second-order valence-electron chi connectivity index (χ2n) is 3.79. The number of allylic oxidation sites excluding steroid dienone is 3. The normalized spacial score (nSPS) is 28.8. The van der Waals surface area contributed by atoms with Gasteiger partial charge in [0.1, 0.15) is 0 Å². The molecule has 0 radical (unpaired) electrons. The summed E-state index contributed by atoms with van der Waals surface area (Å²) >= 11 is 0. The van der Waals surface area contributed by atoms with E-state index in [1.807, 2.05) is 12.2 Å². The summed E-state index contributed by atoms with van der Waals surface area (Å²) in [5.74, 6) is 0.934. The minimum atomic E-state index is 0.630. The summed E-state index contributed by atoms with van der Waals surface area (Å²) < 4.78 is 0. The molecule has 1 rings (SSSR count). The first-order chi connectivity index (χ1) is 4.67. The molecule has 0 amide bonds. The molecule has 0 nitrogen and oxygen atoms in total. The molecule has 0 aromatic carbocycles. The van der Waals surface area contributed by atoms with Crippen LogP contribution >= 0.6 is 0 Å². The Balaban J connectivity index is 2.18. The smallest absolute Gasteiger partial charge is 0.0314 e. The lowest BCUT2D eigenvalue weighted by atomic mass is 10.1. The zero-order chi connectivity index (χ0) is 7.61. The Morgan fingerprint density at radius 2 is 2.20 bits per heavy atom. The lowest BCUT2D eigenvalue weighted by Crippen LogP contribution is -1.87. The number of hydrogen-bond acceptors (Lipinski definition) is 0. The maximum atomic E-state index is 3.63. The van der Waals surface area contributed by atoms with Gasteiger partial charge in [0.25, 0.3) is 0 Å². The molecule has 10 heavy (non-hydrogen) atoms. The minimum Gasteiger partial charge on any atom is -0.0991 e. The molecule has 1 unspecified atom stereocenters. The minimum absolute atomic E-state index is 0.630. The molecule has 1 aliphatic carbocycles.